The SMILES string of the molecule is Clc1ccc(C(c2ncc[nH]2)c2ccc(Cl)s2)s1. The predicted octanol–water partition coefficient (Wildman–Crippen LogP) is 5.02. The van der Waals surface area contributed by atoms with E-state index in [1.165, 1.54) is 0 Å². The van der Waals surface area contributed by atoms with Crippen molar-refractivity contribution in [1.82, 2.24) is 9.97 Å². The lowest BCUT2D eigenvalue weighted by Crippen LogP contribution is -2.01. The molecule has 0 unspecified atom stereocenters. The van der Waals surface area contributed by atoms with Gasteiger partial charge in [0.25, 0.3) is 0 Å². The van der Waals surface area contributed by atoms with E-state index in [2.05, 4.69) is 9.97 Å². The van der Waals surface area contributed by atoms with Crippen LogP contribution in [0.1, 0.15) is 21.5 Å². The zero-order chi connectivity index (χ0) is 12.5. The Morgan fingerprint density at radius 3 is 2.00 bits per heavy atom. The van der Waals surface area contributed by atoms with Crippen LogP contribution in [0.5, 0.6) is 0 Å². The van der Waals surface area contributed by atoms with Crippen LogP contribution in [0.2, 0.25) is 8.67 Å². The first-order valence-corrected chi connectivity index (χ1v) is 7.62. The molecule has 2 nitrogen and oxygen atoms in total. The smallest absolute Gasteiger partial charge is 0.119 e. The molecule has 0 aliphatic heterocycles. The third-order valence-corrected chi connectivity index (χ3v) is 5.14. The van der Waals surface area contributed by atoms with E-state index in [4.69, 9.17) is 23.2 Å². The fourth-order valence-corrected chi connectivity index (χ4v) is 4.25. The second-order valence-corrected chi connectivity index (χ2v) is 7.18. The number of H-pyrrole nitrogens is 1. The molecule has 0 atom stereocenters. The number of aromatic nitrogens is 2. The number of aromatic amines is 1. The second-order valence-electron chi connectivity index (χ2n) is 3.69. The summed E-state index contributed by atoms with van der Waals surface area (Å²) < 4.78 is 1.56. The molecule has 3 aromatic rings. The minimum absolute atomic E-state index is 0.0787. The minimum atomic E-state index is 0.0787. The summed E-state index contributed by atoms with van der Waals surface area (Å²) in [6, 6.07) is 7.89. The Labute approximate surface area is 122 Å². The van der Waals surface area contributed by atoms with E-state index in [-0.39, 0.29) is 5.92 Å². The quantitative estimate of drug-likeness (QED) is 0.722. The van der Waals surface area contributed by atoms with Crippen LogP contribution in [0.25, 0.3) is 0 Å². The van der Waals surface area contributed by atoms with Crippen molar-refractivity contribution in [3.05, 3.63) is 60.9 Å². The molecule has 0 aliphatic carbocycles. The van der Waals surface area contributed by atoms with E-state index in [0.29, 0.717) is 0 Å². The van der Waals surface area contributed by atoms with Gasteiger partial charge in [-0.2, -0.15) is 0 Å². The van der Waals surface area contributed by atoms with E-state index >= 15 is 0 Å². The van der Waals surface area contributed by atoms with Gasteiger partial charge in [-0.3, -0.25) is 0 Å². The minimum Gasteiger partial charge on any atom is -0.348 e. The number of thiophene rings is 2. The maximum Gasteiger partial charge on any atom is 0.119 e. The summed E-state index contributed by atoms with van der Waals surface area (Å²) in [7, 11) is 0. The van der Waals surface area contributed by atoms with Gasteiger partial charge >= 0.3 is 0 Å². The molecule has 0 aliphatic rings. The first-order valence-electron chi connectivity index (χ1n) is 5.24. The zero-order valence-corrected chi connectivity index (χ0v) is 12.2. The van der Waals surface area contributed by atoms with Gasteiger partial charge in [0.1, 0.15) is 5.82 Å². The van der Waals surface area contributed by atoms with Crippen LogP contribution in [-0.2, 0) is 0 Å². The number of hydrogen-bond donors (Lipinski definition) is 1. The van der Waals surface area contributed by atoms with Crippen LogP contribution in [0, 0.1) is 0 Å². The fraction of sp³-hybridized carbons (Fsp3) is 0.0833. The molecule has 3 aromatic heterocycles. The predicted molar refractivity (Wildman–Crippen MR) is 78.2 cm³/mol. The molecular formula is C12H8Cl2N2S2. The van der Waals surface area contributed by atoms with Crippen LogP contribution in [0.3, 0.4) is 0 Å². The van der Waals surface area contributed by atoms with E-state index in [1.807, 2.05) is 30.5 Å². The molecule has 0 radical (unpaired) electrons. The number of imidazole rings is 1. The Hall–Kier alpha value is -0.810. The van der Waals surface area contributed by atoms with Crippen molar-refractivity contribution in [2.45, 2.75) is 5.92 Å². The number of halogens is 2. The highest BCUT2D eigenvalue weighted by molar-refractivity contribution is 7.17. The Balaban J connectivity index is 2.09. The van der Waals surface area contributed by atoms with Gasteiger partial charge in [-0.05, 0) is 24.3 Å². The van der Waals surface area contributed by atoms with Gasteiger partial charge in [-0.25, -0.2) is 4.98 Å². The first kappa shape index (κ1) is 12.2. The van der Waals surface area contributed by atoms with Gasteiger partial charge in [0.2, 0.25) is 0 Å². The molecule has 0 aromatic carbocycles. The molecular weight excluding hydrogens is 307 g/mol. The maximum atomic E-state index is 6.02. The van der Waals surface area contributed by atoms with Crippen LogP contribution in [0.15, 0.2) is 36.7 Å². The van der Waals surface area contributed by atoms with Crippen molar-refractivity contribution in [3.63, 3.8) is 0 Å². The van der Waals surface area contributed by atoms with Crippen molar-refractivity contribution < 1.29 is 0 Å². The van der Waals surface area contributed by atoms with Crippen LogP contribution in [-0.4, -0.2) is 9.97 Å². The van der Waals surface area contributed by atoms with Crippen molar-refractivity contribution in [1.29, 1.82) is 0 Å². The summed E-state index contributed by atoms with van der Waals surface area (Å²) in [6.07, 6.45) is 3.58. The first-order chi connectivity index (χ1) is 8.74. The summed E-state index contributed by atoms with van der Waals surface area (Å²) in [5.74, 6) is 0.988. The lowest BCUT2D eigenvalue weighted by Gasteiger charge is -2.10. The van der Waals surface area contributed by atoms with Crippen molar-refractivity contribution >= 4 is 45.9 Å². The third-order valence-electron chi connectivity index (χ3n) is 2.55. The molecule has 0 spiro atoms. The van der Waals surface area contributed by atoms with Gasteiger partial charge in [0, 0.05) is 22.1 Å². The number of nitrogens with zero attached hydrogens (tertiary/aromatic N) is 1. The molecule has 3 heterocycles. The summed E-state index contributed by atoms with van der Waals surface area (Å²) >= 11 is 15.2. The molecule has 18 heavy (non-hydrogen) atoms. The normalized spacial score (nSPS) is 11.3. The van der Waals surface area contributed by atoms with E-state index in [0.717, 1.165) is 24.3 Å². The van der Waals surface area contributed by atoms with E-state index in [1.54, 1.807) is 28.9 Å². The number of hydrogen-bond acceptors (Lipinski definition) is 3. The highest BCUT2D eigenvalue weighted by Crippen LogP contribution is 2.39. The molecule has 3 rings (SSSR count). The topological polar surface area (TPSA) is 28.7 Å². The Bertz CT molecular complexity index is 602. The maximum absolute atomic E-state index is 6.02. The molecule has 0 fully saturated rings. The third kappa shape index (κ3) is 2.34. The summed E-state index contributed by atoms with van der Waals surface area (Å²) in [5, 5.41) is 0. The monoisotopic (exact) mass is 314 g/mol. The van der Waals surface area contributed by atoms with Gasteiger partial charge in [-0.15, -0.1) is 22.7 Å². The number of nitrogens with one attached hydrogen (secondary N) is 1. The van der Waals surface area contributed by atoms with Crippen molar-refractivity contribution in [3.8, 4) is 0 Å². The fourth-order valence-electron chi connectivity index (χ4n) is 1.81. The van der Waals surface area contributed by atoms with E-state index in [9.17, 15) is 0 Å². The molecule has 0 bridgehead atoms. The lowest BCUT2D eigenvalue weighted by atomic mass is 10.1. The van der Waals surface area contributed by atoms with Crippen molar-refractivity contribution in [2.75, 3.05) is 0 Å². The van der Waals surface area contributed by atoms with Gasteiger partial charge < -0.3 is 4.98 Å². The van der Waals surface area contributed by atoms with Gasteiger partial charge in [0.15, 0.2) is 0 Å². The molecule has 1 N–H and O–H groups in total. The second kappa shape index (κ2) is 5.05. The Morgan fingerprint density at radius 2 is 1.61 bits per heavy atom. The lowest BCUT2D eigenvalue weighted by molar-refractivity contribution is 0.920. The highest BCUT2D eigenvalue weighted by Gasteiger charge is 2.22. The molecule has 0 saturated carbocycles. The molecule has 0 saturated heterocycles. The summed E-state index contributed by atoms with van der Waals surface area (Å²) in [4.78, 5) is 9.85. The van der Waals surface area contributed by atoms with E-state index < -0.39 is 0 Å². The van der Waals surface area contributed by atoms with Crippen LogP contribution in [0.4, 0.5) is 0 Å². The van der Waals surface area contributed by atoms with Crippen LogP contribution >= 0.6 is 45.9 Å². The average molecular weight is 315 g/mol. The Kier molecular flexibility index (Phi) is 3.43. The molecule has 6 heteroatoms. The van der Waals surface area contributed by atoms with Crippen LogP contribution < -0.4 is 0 Å². The van der Waals surface area contributed by atoms with Gasteiger partial charge in [0.05, 0.1) is 14.6 Å². The molecule has 92 valence electrons. The van der Waals surface area contributed by atoms with Crippen molar-refractivity contribution in [2.24, 2.45) is 0 Å². The summed E-state index contributed by atoms with van der Waals surface area (Å²) in [6.45, 7) is 0. The summed E-state index contributed by atoms with van der Waals surface area (Å²) in [5.41, 5.74) is 0. The zero-order valence-electron chi connectivity index (χ0n) is 9.06. The average Bonchev–Trinajstić information content (AvgIpc) is 3.04. The standard InChI is InChI=1S/C12H8Cl2N2S2/c13-9-3-1-7(17-9)11(12-15-5-6-16-12)8-2-4-10(14)18-8/h1-6,11H,(H,15,16). The highest BCUT2D eigenvalue weighted by atomic mass is 35.5. The number of rotatable bonds is 3. The molecule has 0 amide bonds. The largest absolute Gasteiger partial charge is 0.348 e. The Morgan fingerprint density at radius 1 is 1.00 bits per heavy atom. The van der Waals surface area contributed by atoms with Gasteiger partial charge in [-0.1, -0.05) is 23.2 Å².